The van der Waals surface area contributed by atoms with E-state index < -0.39 is 30.6 Å². The molecule has 0 saturated carbocycles. The maximum atomic E-state index is 10.8. The van der Waals surface area contributed by atoms with Crippen LogP contribution in [0.25, 0.3) is 22.2 Å². The summed E-state index contributed by atoms with van der Waals surface area (Å²) in [6.45, 7) is 1.02. The van der Waals surface area contributed by atoms with Crippen LogP contribution in [0.3, 0.4) is 0 Å². The quantitative estimate of drug-likeness (QED) is 0.488. The predicted molar refractivity (Wildman–Crippen MR) is 99.3 cm³/mol. The van der Waals surface area contributed by atoms with Crippen LogP contribution >= 0.6 is 0 Å². The Labute approximate surface area is 160 Å². The molecule has 1 aliphatic heterocycles. The SMILES string of the molecule is COc1ccc(-c2cn([C@@H]3O[C@H](CO)[C@@H](O)[C@@]3(C)O)c3ncnc(N)c23)cn1. The molecule has 10 nitrogen and oxygen atoms in total. The van der Waals surface area contributed by atoms with Gasteiger partial charge in [0, 0.05) is 29.6 Å². The van der Waals surface area contributed by atoms with Gasteiger partial charge in [0.1, 0.15) is 35.6 Å². The minimum Gasteiger partial charge on any atom is -0.481 e. The average molecular weight is 387 g/mol. The predicted octanol–water partition coefficient (Wildman–Crippen LogP) is 0.0857. The monoisotopic (exact) mass is 387 g/mol. The summed E-state index contributed by atoms with van der Waals surface area (Å²) >= 11 is 0. The van der Waals surface area contributed by atoms with Crippen LogP contribution < -0.4 is 10.5 Å². The summed E-state index contributed by atoms with van der Waals surface area (Å²) < 4.78 is 12.4. The fraction of sp³-hybridized carbons (Fsp3) is 0.389. The minimum atomic E-state index is -1.66. The molecule has 3 aromatic rings. The highest BCUT2D eigenvalue weighted by Crippen LogP contribution is 2.42. The molecule has 0 amide bonds. The number of aromatic nitrogens is 4. The van der Waals surface area contributed by atoms with Gasteiger partial charge in [-0.3, -0.25) is 0 Å². The number of rotatable bonds is 4. The highest BCUT2D eigenvalue weighted by molar-refractivity contribution is 6.00. The van der Waals surface area contributed by atoms with E-state index >= 15 is 0 Å². The van der Waals surface area contributed by atoms with Crippen LogP contribution in [-0.4, -0.2) is 66.4 Å². The molecule has 4 heterocycles. The second kappa shape index (κ2) is 6.67. The van der Waals surface area contributed by atoms with Gasteiger partial charge in [0.2, 0.25) is 5.88 Å². The first-order valence-electron chi connectivity index (χ1n) is 8.66. The van der Waals surface area contributed by atoms with Gasteiger partial charge in [-0.1, -0.05) is 0 Å². The minimum absolute atomic E-state index is 0.256. The molecule has 0 radical (unpaired) electrons. The Morgan fingerprint density at radius 1 is 1.32 bits per heavy atom. The highest BCUT2D eigenvalue weighted by atomic mass is 16.6. The number of nitrogen functional groups attached to an aromatic ring is 1. The third-order valence-corrected chi connectivity index (χ3v) is 5.08. The lowest BCUT2D eigenvalue weighted by Gasteiger charge is -2.27. The lowest BCUT2D eigenvalue weighted by molar-refractivity contribution is -0.0948. The van der Waals surface area contributed by atoms with Crippen LogP contribution in [0.5, 0.6) is 5.88 Å². The van der Waals surface area contributed by atoms with E-state index in [-0.39, 0.29) is 5.82 Å². The zero-order valence-corrected chi connectivity index (χ0v) is 15.4. The van der Waals surface area contributed by atoms with E-state index in [0.717, 1.165) is 5.56 Å². The van der Waals surface area contributed by atoms with Gasteiger partial charge in [-0.15, -0.1) is 0 Å². The van der Waals surface area contributed by atoms with Crippen molar-refractivity contribution in [2.75, 3.05) is 19.5 Å². The first kappa shape index (κ1) is 18.6. The van der Waals surface area contributed by atoms with Gasteiger partial charge in [0.05, 0.1) is 19.1 Å². The number of ether oxygens (including phenoxy) is 2. The van der Waals surface area contributed by atoms with E-state index in [9.17, 15) is 15.3 Å². The molecule has 10 heteroatoms. The van der Waals surface area contributed by atoms with Gasteiger partial charge < -0.3 is 35.1 Å². The second-order valence-electron chi connectivity index (χ2n) is 6.88. The molecule has 148 valence electrons. The molecule has 0 aromatic carbocycles. The van der Waals surface area contributed by atoms with Crippen molar-refractivity contribution in [1.29, 1.82) is 0 Å². The molecular weight excluding hydrogens is 366 g/mol. The first-order valence-corrected chi connectivity index (χ1v) is 8.66. The Balaban J connectivity index is 1.90. The van der Waals surface area contributed by atoms with E-state index in [1.165, 1.54) is 20.4 Å². The van der Waals surface area contributed by atoms with Crippen molar-refractivity contribution in [3.63, 3.8) is 0 Å². The van der Waals surface area contributed by atoms with Crippen molar-refractivity contribution in [3.05, 3.63) is 30.9 Å². The van der Waals surface area contributed by atoms with Crippen LogP contribution in [0.4, 0.5) is 5.82 Å². The number of hydrogen-bond acceptors (Lipinski definition) is 9. The van der Waals surface area contributed by atoms with Crippen molar-refractivity contribution in [2.24, 2.45) is 0 Å². The van der Waals surface area contributed by atoms with Crippen LogP contribution in [0.1, 0.15) is 13.2 Å². The van der Waals surface area contributed by atoms with Gasteiger partial charge in [-0.05, 0) is 13.0 Å². The van der Waals surface area contributed by atoms with Crippen LogP contribution in [0.2, 0.25) is 0 Å². The molecule has 0 unspecified atom stereocenters. The van der Waals surface area contributed by atoms with Crippen molar-refractivity contribution < 1.29 is 24.8 Å². The van der Waals surface area contributed by atoms with E-state index in [1.807, 2.05) is 6.07 Å². The number of hydrogen-bond donors (Lipinski definition) is 4. The molecule has 5 N–H and O–H groups in total. The first-order chi connectivity index (χ1) is 13.4. The maximum absolute atomic E-state index is 10.8. The number of fused-ring (bicyclic) bond motifs is 1. The van der Waals surface area contributed by atoms with Gasteiger partial charge >= 0.3 is 0 Å². The molecule has 4 atom stereocenters. The Hall–Kier alpha value is -2.79. The number of nitrogens with zero attached hydrogens (tertiary/aromatic N) is 4. The molecule has 4 rings (SSSR count). The standard InChI is InChI=1S/C18H21N5O5/c1-18(26)14(25)11(7-24)28-17(18)23-6-10(9-3-4-12(27-2)20-5-9)13-15(19)21-8-22-16(13)23/h3-6,8,11,14,17,24-26H,7H2,1-2H3,(H2,19,21,22)/t11-,14-,17-,18-/m1/s1. The second-order valence-corrected chi connectivity index (χ2v) is 6.88. The number of aliphatic hydroxyl groups is 3. The van der Waals surface area contributed by atoms with E-state index in [4.69, 9.17) is 15.2 Å². The van der Waals surface area contributed by atoms with Gasteiger partial charge in [0.25, 0.3) is 0 Å². The van der Waals surface area contributed by atoms with Gasteiger partial charge in [-0.2, -0.15) is 0 Å². The van der Waals surface area contributed by atoms with Crippen LogP contribution in [0, 0.1) is 0 Å². The summed E-state index contributed by atoms with van der Waals surface area (Å²) in [5.74, 6) is 0.721. The molecule has 1 saturated heterocycles. The zero-order chi connectivity index (χ0) is 20.1. The Bertz CT molecular complexity index is 1000. The summed E-state index contributed by atoms with van der Waals surface area (Å²) in [6, 6.07) is 3.53. The number of methoxy groups -OCH3 is 1. The lowest BCUT2D eigenvalue weighted by Crippen LogP contribution is -2.44. The topological polar surface area (TPSA) is 149 Å². The van der Waals surface area contributed by atoms with Crippen molar-refractivity contribution in [1.82, 2.24) is 19.5 Å². The fourth-order valence-corrected chi connectivity index (χ4v) is 3.56. The number of anilines is 1. The van der Waals surface area contributed by atoms with Crippen molar-refractivity contribution in [3.8, 4) is 17.0 Å². The van der Waals surface area contributed by atoms with Gasteiger partial charge in [-0.25, -0.2) is 15.0 Å². The Morgan fingerprint density at radius 2 is 2.11 bits per heavy atom. The third-order valence-electron chi connectivity index (χ3n) is 5.08. The summed E-state index contributed by atoms with van der Waals surface area (Å²) in [5, 5.41) is 31.2. The summed E-state index contributed by atoms with van der Waals surface area (Å²) in [4.78, 5) is 12.6. The normalized spacial score (nSPS) is 27.4. The molecular formula is C18H21N5O5. The molecule has 3 aromatic heterocycles. The lowest BCUT2D eigenvalue weighted by atomic mass is 9.96. The Kier molecular flexibility index (Phi) is 4.42. The van der Waals surface area contributed by atoms with Crippen molar-refractivity contribution in [2.45, 2.75) is 31.0 Å². The van der Waals surface area contributed by atoms with Crippen LogP contribution in [-0.2, 0) is 4.74 Å². The third kappa shape index (κ3) is 2.69. The maximum Gasteiger partial charge on any atom is 0.212 e. The molecule has 1 aliphatic rings. The molecule has 0 bridgehead atoms. The number of pyridine rings is 1. The average Bonchev–Trinajstić information content (AvgIpc) is 3.18. The van der Waals surface area contributed by atoms with E-state index in [2.05, 4.69) is 15.0 Å². The summed E-state index contributed by atoms with van der Waals surface area (Å²) in [7, 11) is 1.53. The van der Waals surface area contributed by atoms with Gasteiger partial charge in [0.15, 0.2) is 6.23 Å². The van der Waals surface area contributed by atoms with Crippen molar-refractivity contribution >= 4 is 16.9 Å². The molecule has 0 spiro atoms. The smallest absolute Gasteiger partial charge is 0.212 e. The molecule has 0 aliphatic carbocycles. The summed E-state index contributed by atoms with van der Waals surface area (Å²) in [5.41, 5.74) is 6.30. The highest BCUT2D eigenvalue weighted by Gasteiger charge is 2.53. The van der Waals surface area contributed by atoms with Crippen LogP contribution in [0.15, 0.2) is 30.9 Å². The number of nitrogens with two attached hydrogens (primary N) is 1. The molecule has 1 fully saturated rings. The van der Waals surface area contributed by atoms with E-state index in [1.54, 1.807) is 23.0 Å². The molecule has 28 heavy (non-hydrogen) atoms. The zero-order valence-electron chi connectivity index (χ0n) is 15.4. The van der Waals surface area contributed by atoms with E-state index in [0.29, 0.717) is 22.5 Å². The largest absolute Gasteiger partial charge is 0.481 e. The Morgan fingerprint density at radius 3 is 2.71 bits per heavy atom. The fourth-order valence-electron chi connectivity index (χ4n) is 3.56. The number of aliphatic hydroxyl groups excluding tert-OH is 2. The summed E-state index contributed by atoms with van der Waals surface area (Å²) in [6.07, 6.45) is 1.46.